The maximum Gasteiger partial charge on any atom is 0.265 e. The monoisotopic (exact) mass is 197 g/mol. The lowest BCUT2D eigenvalue weighted by Crippen LogP contribution is -2.29. The predicted octanol–water partition coefficient (Wildman–Crippen LogP) is -0.450. The standard InChI is InChI=1S/C5H11NO3S2/c1-6-3-5(4-10)9-11(2,7)8/h4-6H,3H2,1-2H3. The molecule has 0 aromatic rings. The van der Waals surface area contributed by atoms with Crippen LogP contribution >= 0.6 is 12.2 Å². The fraction of sp³-hybridized carbons (Fsp3) is 0.800. The Balaban J connectivity index is 3.98. The molecular weight excluding hydrogens is 186 g/mol. The zero-order valence-corrected chi connectivity index (χ0v) is 8.04. The van der Waals surface area contributed by atoms with Gasteiger partial charge < -0.3 is 5.32 Å². The van der Waals surface area contributed by atoms with Gasteiger partial charge >= 0.3 is 0 Å². The molecule has 1 atom stereocenters. The van der Waals surface area contributed by atoms with Gasteiger partial charge in [-0.05, 0) is 7.05 Å². The molecular formula is C5H11NO3S2. The Kier molecular flexibility index (Phi) is 4.74. The number of thiocarbonyl (C=S) groups is 1. The molecule has 0 aliphatic heterocycles. The third-order valence-corrected chi connectivity index (χ3v) is 1.76. The van der Waals surface area contributed by atoms with Crippen LogP contribution in [-0.2, 0) is 14.3 Å². The van der Waals surface area contributed by atoms with Crippen LogP contribution in [0.5, 0.6) is 0 Å². The molecule has 0 heterocycles. The van der Waals surface area contributed by atoms with Crippen molar-refractivity contribution in [1.29, 1.82) is 0 Å². The zero-order valence-electron chi connectivity index (χ0n) is 6.40. The first-order chi connectivity index (χ1) is 4.99. The molecule has 66 valence electrons. The van der Waals surface area contributed by atoms with Crippen molar-refractivity contribution in [3.05, 3.63) is 0 Å². The summed E-state index contributed by atoms with van der Waals surface area (Å²) in [5.41, 5.74) is 0. The van der Waals surface area contributed by atoms with E-state index in [1.165, 1.54) is 5.37 Å². The molecule has 0 radical (unpaired) electrons. The van der Waals surface area contributed by atoms with Crippen LogP contribution in [0, 0.1) is 0 Å². The molecule has 0 bridgehead atoms. The Hall–Kier alpha value is -0.0400. The molecule has 0 spiro atoms. The third kappa shape index (κ3) is 6.36. The van der Waals surface area contributed by atoms with Gasteiger partial charge in [0.25, 0.3) is 10.1 Å². The molecule has 0 fully saturated rings. The van der Waals surface area contributed by atoms with Gasteiger partial charge in [-0.25, -0.2) is 0 Å². The van der Waals surface area contributed by atoms with Crippen LogP contribution in [0.2, 0.25) is 0 Å². The fourth-order valence-electron chi connectivity index (χ4n) is 0.531. The van der Waals surface area contributed by atoms with E-state index in [1.807, 2.05) is 0 Å². The molecule has 0 aliphatic rings. The largest absolute Gasteiger partial charge is 0.317 e. The van der Waals surface area contributed by atoms with Gasteiger partial charge in [-0.15, -0.1) is 0 Å². The maximum atomic E-state index is 10.6. The van der Waals surface area contributed by atoms with Crippen molar-refractivity contribution >= 4 is 27.7 Å². The lowest BCUT2D eigenvalue weighted by Gasteiger charge is -2.09. The average Bonchev–Trinajstić information content (AvgIpc) is 1.84. The molecule has 6 heteroatoms. The van der Waals surface area contributed by atoms with Gasteiger partial charge in [0.2, 0.25) is 0 Å². The first-order valence-corrected chi connectivity index (χ1v) is 5.26. The van der Waals surface area contributed by atoms with E-state index >= 15 is 0 Å². The van der Waals surface area contributed by atoms with Gasteiger partial charge in [0.15, 0.2) is 0 Å². The van der Waals surface area contributed by atoms with Crippen LogP contribution in [0.25, 0.3) is 0 Å². The Morgan fingerprint density at radius 1 is 1.73 bits per heavy atom. The van der Waals surface area contributed by atoms with Crippen molar-refractivity contribution in [1.82, 2.24) is 5.32 Å². The summed E-state index contributed by atoms with van der Waals surface area (Å²) in [6.07, 6.45) is 0.444. The van der Waals surface area contributed by atoms with Gasteiger partial charge in [0, 0.05) is 11.9 Å². The van der Waals surface area contributed by atoms with Crippen molar-refractivity contribution in [2.45, 2.75) is 6.10 Å². The third-order valence-electron chi connectivity index (χ3n) is 0.855. The van der Waals surface area contributed by atoms with E-state index < -0.39 is 16.2 Å². The zero-order chi connectivity index (χ0) is 8.91. The van der Waals surface area contributed by atoms with Crippen molar-refractivity contribution < 1.29 is 12.6 Å². The molecule has 0 saturated carbocycles. The molecule has 1 unspecified atom stereocenters. The topological polar surface area (TPSA) is 55.4 Å². The van der Waals surface area contributed by atoms with Crippen molar-refractivity contribution in [2.24, 2.45) is 0 Å². The second-order valence-electron chi connectivity index (χ2n) is 2.03. The Labute approximate surface area is 72.1 Å². The highest BCUT2D eigenvalue weighted by Gasteiger charge is 2.10. The summed E-state index contributed by atoms with van der Waals surface area (Å²) in [6, 6.07) is 0. The quantitative estimate of drug-likeness (QED) is 0.478. The second kappa shape index (κ2) is 4.76. The van der Waals surface area contributed by atoms with E-state index in [0.717, 1.165) is 6.26 Å². The molecule has 11 heavy (non-hydrogen) atoms. The summed E-state index contributed by atoms with van der Waals surface area (Å²) in [7, 11) is -1.70. The van der Waals surface area contributed by atoms with Crippen molar-refractivity contribution in [3.63, 3.8) is 0 Å². The van der Waals surface area contributed by atoms with E-state index in [1.54, 1.807) is 7.05 Å². The minimum Gasteiger partial charge on any atom is -0.317 e. The van der Waals surface area contributed by atoms with Gasteiger partial charge in [0.1, 0.15) is 6.10 Å². The van der Waals surface area contributed by atoms with Gasteiger partial charge in [-0.2, -0.15) is 8.42 Å². The van der Waals surface area contributed by atoms with Crippen LogP contribution in [0.3, 0.4) is 0 Å². The van der Waals surface area contributed by atoms with Gasteiger partial charge in [0.05, 0.1) is 6.26 Å². The smallest absolute Gasteiger partial charge is 0.265 e. The average molecular weight is 197 g/mol. The molecule has 0 aliphatic carbocycles. The summed E-state index contributed by atoms with van der Waals surface area (Å²) >= 11 is 4.55. The second-order valence-corrected chi connectivity index (χ2v) is 3.91. The Morgan fingerprint density at radius 3 is 2.55 bits per heavy atom. The highest BCUT2D eigenvalue weighted by atomic mass is 32.2. The number of nitrogens with one attached hydrogen (secondary N) is 1. The van der Waals surface area contributed by atoms with E-state index in [4.69, 9.17) is 0 Å². The number of hydrogen-bond acceptors (Lipinski definition) is 5. The minimum atomic E-state index is -3.40. The van der Waals surface area contributed by atoms with Crippen molar-refractivity contribution in [3.8, 4) is 0 Å². The Morgan fingerprint density at radius 2 is 2.27 bits per heavy atom. The number of rotatable bonds is 5. The first-order valence-electron chi connectivity index (χ1n) is 2.97. The lowest BCUT2D eigenvalue weighted by atomic mass is 10.4. The SMILES string of the molecule is CNCC(C=S)OS(C)(=O)=O. The van der Waals surface area contributed by atoms with Crippen LogP contribution in [0.1, 0.15) is 0 Å². The predicted molar refractivity (Wildman–Crippen MR) is 47.3 cm³/mol. The van der Waals surface area contributed by atoms with Gasteiger partial charge in [-0.3, -0.25) is 4.18 Å². The van der Waals surface area contributed by atoms with E-state index in [0.29, 0.717) is 6.54 Å². The molecule has 0 rings (SSSR count). The van der Waals surface area contributed by atoms with Crippen LogP contribution < -0.4 is 5.32 Å². The molecule has 4 nitrogen and oxygen atoms in total. The lowest BCUT2D eigenvalue weighted by molar-refractivity contribution is 0.279. The number of likely N-dealkylation sites (N-methyl/N-ethyl adjacent to an activating group) is 1. The van der Waals surface area contributed by atoms with Crippen LogP contribution in [0.4, 0.5) is 0 Å². The summed E-state index contributed by atoms with van der Waals surface area (Å²) in [5.74, 6) is 0. The van der Waals surface area contributed by atoms with Crippen LogP contribution in [-0.4, -0.2) is 39.7 Å². The van der Waals surface area contributed by atoms with E-state index in [-0.39, 0.29) is 0 Å². The molecule has 0 amide bonds. The molecule has 0 saturated heterocycles. The van der Waals surface area contributed by atoms with Gasteiger partial charge in [-0.1, -0.05) is 12.2 Å². The Bertz CT molecular complexity index is 212. The maximum absolute atomic E-state index is 10.6. The first kappa shape index (κ1) is 11.0. The highest BCUT2D eigenvalue weighted by molar-refractivity contribution is 7.86. The normalized spacial score (nSPS) is 14.4. The number of hydrogen-bond donors (Lipinski definition) is 1. The molecule has 0 aromatic heterocycles. The summed E-state index contributed by atoms with van der Waals surface area (Å²) in [4.78, 5) is 0. The minimum absolute atomic E-state index is 0.399. The van der Waals surface area contributed by atoms with E-state index in [9.17, 15) is 8.42 Å². The highest BCUT2D eigenvalue weighted by Crippen LogP contribution is 1.93. The molecule has 0 aromatic carbocycles. The summed E-state index contributed by atoms with van der Waals surface area (Å²) in [6.45, 7) is 0.399. The van der Waals surface area contributed by atoms with Crippen LogP contribution in [0.15, 0.2) is 0 Å². The summed E-state index contributed by atoms with van der Waals surface area (Å²) < 4.78 is 25.7. The fourth-order valence-corrected chi connectivity index (χ4v) is 1.33. The molecule has 1 N–H and O–H groups in total. The van der Waals surface area contributed by atoms with Crippen molar-refractivity contribution in [2.75, 3.05) is 19.8 Å². The summed E-state index contributed by atoms with van der Waals surface area (Å²) in [5, 5.41) is 4.03. The van der Waals surface area contributed by atoms with E-state index in [2.05, 4.69) is 21.7 Å².